The first kappa shape index (κ1) is 23.5. The molecule has 150 valence electrons. The van der Waals surface area contributed by atoms with Gasteiger partial charge in [-0.05, 0) is 31.9 Å². The van der Waals surface area contributed by atoms with Crippen LogP contribution in [0.25, 0.3) is 0 Å². The number of thioether (sulfide) groups is 1. The van der Waals surface area contributed by atoms with Crippen molar-refractivity contribution in [3.63, 3.8) is 0 Å². The number of rotatable bonds is 16. The molecule has 1 aromatic heterocycles. The summed E-state index contributed by atoms with van der Waals surface area (Å²) >= 11 is 1.80. The Hall–Kier alpha value is -0.570. The average Bonchev–Trinajstić information content (AvgIpc) is 2.66. The molecule has 0 saturated heterocycles. The molecule has 0 radical (unpaired) electrons. The molecule has 0 bridgehead atoms. The summed E-state index contributed by atoms with van der Waals surface area (Å²) < 4.78 is 0. The molecule has 2 nitrogen and oxygen atoms in total. The number of nitrogens with zero attached hydrogens (tertiary/aromatic N) is 2. The lowest BCUT2D eigenvalue weighted by Crippen LogP contribution is -2.07. The van der Waals surface area contributed by atoms with Crippen LogP contribution in [0, 0.1) is 0 Å². The van der Waals surface area contributed by atoms with Crippen LogP contribution in [-0.2, 0) is 19.3 Å². The minimum Gasteiger partial charge on any atom is -0.238 e. The fraction of sp³-hybridized carbons (Fsp3) is 0.826. The van der Waals surface area contributed by atoms with Gasteiger partial charge in [-0.3, -0.25) is 0 Å². The summed E-state index contributed by atoms with van der Waals surface area (Å²) in [4.78, 5) is 9.87. The molecule has 0 spiro atoms. The highest BCUT2D eigenvalue weighted by Gasteiger charge is 2.12. The maximum Gasteiger partial charge on any atom is 0.129 e. The zero-order valence-electron chi connectivity index (χ0n) is 17.9. The average molecular weight is 379 g/mol. The summed E-state index contributed by atoms with van der Waals surface area (Å²) in [7, 11) is 0. The lowest BCUT2D eigenvalue weighted by Gasteiger charge is -2.13. The van der Waals surface area contributed by atoms with Crippen molar-refractivity contribution in [2.24, 2.45) is 0 Å². The molecule has 0 N–H and O–H groups in total. The second kappa shape index (κ2) is 15.5. The van der Waals surface area contributed by atoms with Gasteiger partial charge in [0.05, 0.1) is 0 Å². The van der Waals surface area contributed by atoms with E-state index in [0.29, 0.717) is 0 Å². The fourth-order valence-corrected chi connectivity index (χ4v) is 4.24. The van der Waals surface area contributed by atoms with Crippen LogP contribution in [0.5, 0.6) is 0 Å². The van der Waals surface area contributed by atoms with E-state index in [4.69, 9.17) is 9.97 Å². The Kier molecular flexibility index (Phi) is 14.0. The standard InChI is InChI=1S/C23H42N2S/c1-5-8-10-12-14-16-18-21-20(7-3)23(26-4)25-22(24-21)19-17-15-13-11-9-6-2/h5-19H2,1-4H3. The molecule has 0 saturated carbocycles. The minimum atomic E-state index is 1.05. The van der Waals surface area contributed by atoms with Gasteiger partial charge in [-0.15, -0.1) is 11.8 Å². The highest BCUT2D eigenvalue weighted by Crippen LogP contribution is 2.24. The molecule has 1 aromatic rings. The van der Waals surface area contributed by atoms with E-state index in [1.165, 1.54) is 93.3 Å². The zero-order chi connectivity index (χ0) is 19.0. The quantitative estimate of drug-likeness (QED) is 0.168. The van der Waals surface area contributed by atoms with Gasteiger partial charge in [-0.2, -0.15) is 0 Å². The van der Waals surface area contributed by atoms with Crippen molar-refractivity contribution >= 4 is 11.8 Å². The van der Waals surface area contributed by atoms with Crippen molar-refractivity contribution in [3.8, 4) is 0 Å². The van der Waals surface area contributed by atoms with Crippen LogP contribution in [0.15, 0.2) is 5.03 Å². The van der Waals surface area contributed by atoms with Crippen molar-refractivity contribution in [2.75, 3.05) is 6.26 Å². The third kappa shape index (κ3) is 9.39. The van der Waals surface area contributed by atoms with Crippen molar-refractivity contribution < 1.29 is 0 Å². The first-order valence-electron chi connectivity index (χ1n) is 11.2. The molecule has 0 atom stereocenters. The van der Waals surface area contributed by atoms with Gasteiger partial charge < -0.3 is 0 Å². The lowest BCUT2D eigenvalue weighted by atomic mass is 10.0. The Bertz CT molecular complexity index is 474. The van der Waals surface area contributed by atoms with E-state index in [-0.39, 0.29) is 0 Å². The molecule has 0 unspecified atom stereocenters. The van der Waals surface area contributed by atoms with Gasteiger partial charge in [-0.1, -0.05) is 85.0 Å². The van der Waals surface area contributed by atoms with Gasteiger partial charge >= 0.3 is 0 Å². The van der Waals surface area contributed by atoms with Gasteiger partial charge in [-0.25, -0.2) is 9.97 Å². The Labute approximate surface area is 167 Å². The summed E-state index contributed by atoms with van der Waals surface area (Å²) in [6.07, 6.45) is 21.5. The maximum atomic E-state index is 5.00. The number of hydrogen-bond donors (Lipinski definition) is 0. The molecular weight excluding hydrogens is 336 g/mol. The van der Waals surface area contributed by atoms with Crippen LogP contribution < -0.4 is 0 Å². The van der Waals surface area contributed by atoms with Gasteiger partial charge in [0.1, 0.15) is 10.9 Å². The molecule has 3 heteroatoms. The second-order valence-corrected chi connectivity index (χ2v) is 8.26. The molecule has 1 rings (SSSR count). The molecule has 0 aliphatic carbocycles. The minimum absolute atomic E-state index is 1.05. The van der Waals surface area contributed by atoms with Gasteiger partial charge in [0.15, 0.2) is 0 Å². The van der Waals surface area contributed by atoms with E-state index >= 15 is 0 Å². The molecule has 26 heavy (non-hydrogen) atoms. The van der Waals surface area contributed by atoms with E-state index < -0.39 is 0 Å². The number of hydrogen-bond acceptors (Lipinski definition) is 3. The summed E-state index contributed by atoms with van der Waals surface area (Å²) in [5.74, 6) is 1.09. The maximum absolute atomic E-state index is 5.00. The highest BCUT2D eigenvalue weighted by molar-refractivity contribution is 7.98. The zero-order valence-corrected chi connectivity index (χ0v) is 18.7. The van der Waals surface area contributed by atoms with Gasteiger partial charge in [0.2, 0.25) is 0 Å². The smallest absolute Gasteiger partial charge is 0.129 e. The molecule has 0 aliphatic heterocycles. The summed E-state index contributed by atoms with van der Waals surface area (Å²) in [6, 6.07) is 0. The molecule has 0 fully saturated rings. The van der Waals surface area contributed by atoms with Crippen LogP contribution >= 0.6 is 11.8 Å². The van der Waals surface area contributed by atoms with Crippen LogP contribution in [0.1, 0.15) is 115 Å². The van der Waals surface area contributed by atoms with Crippen molar-refractivity contribution in [3.05, 3.63) is 17.1 Å². The predicted molar refractivity (Wildman–Crippen MR) is 117 cm³/mol. The van der Waals surface area contributed by atoms with E-state index in [9.17, 15) is 0 Å². The number of aromatic nitrogens is 2. The van der Waals surface area contributed by atoms with E-state index in [2.05, 4.69) is 27.0 Å². The van der Waals surface area contributed by atoms with Gasteiger partial charge in [0.25, 0.3) is 0 Å². The first-order chi connectivity index (χ1) is 12.8. The summed E-state index contributed by atoms with van der Waals surface area (Å²) in [5, 5.41) is 1.23. The van der Waals surface area contributed by atoms with Crippen LogP contribution in [-0.4, -0.2) is 16.2 Å². The molecular formula is C23H42N2S. The predicted octanol–water partition coefficient (Wildman–Crippen LogP) is 7.57. The SMILES string of the molecule is CCCCCCCCc1nc(CCCCCCCC)c(CC)c(SC)n1. The summed E-state index contributed by atoms with van der Waals surface area (Å²) in [6.45, 7) is 6.80. The van der Waals surface area contributed by atoms with E-state index in [1.54, 1.807) is 11.8 Å². The number of unbranched alkanes of at least 4 members (excludes halogenated alkanes) is 10. The van der Waals surface area contributed by atoms with Crippen molar-refractivity contribution in [1.29, 1.82) is 0 Å². The Morgan fingerprint density at radius 2 is 1.19 bits per heavy atom. The molecule has 0 amide bonds. The normalized spacial score (nSPS) is 11.2. The van der Waals surface area contributed by atoms with Crippen LogP contribution in [0.3, 0.4) is 0 Å². The van der Waals surface area contributed by atoms with Crippen LogP contribution in [0.2, 0.25) is 0 Å². The Balaban J connectivity index is 2.57. The Morgan fingerprint density at radius 3 is 1.73 bits per heavy atom. The lowest BCUT2D eigenvalue weighted by molar-refractivity contribution is 0.589. The summed E-state index contributed by atoms with van der Waals surface area (Å²) in [5.41, 5.74) is 2.74. The second-order valence-electron chi connectivity index (χ2n) is 7.46. The molecule has 0 aliphatic rings. The van der Waals surface area contributed by atoms with Crippen molar-refractivity contribution in [2.45, 2.75) is 122 Å². The van der Waals surface area contributed by atoms with Gasteiger partial charge in [0, 0.05) is 17.7 Å². The fourth-order valence-electron chi connectivity index (χ4n) is 3.54. The van der Waals surface area contributed by atoms with Crippen LogP contribution in [0.4, 0.5) is 0 Å². The topological polar surface area (TPSA) is 25.8 Å². The molecule has 1 heterocycles. The van der Waals surface area contributed by atoms with E-state index in [1.807, 2.05) is 0 Å². The van der Waals surface area contributed by atoms with E-state index in [0.717, 1.165) is 25.1 Å². The number of aryl methyl sites for hydroxylation is 2. The highest BCUT2D eigenvalue weighted by atomic mass is 32.2. The van der Waals surface area contributed by atoms with Crippen molar-refractivity contribution in [1.82, 2.24) is 9.97 Å². The first-order valence-corrected chi connectivity index (χ1v) is 12.4. The molecule has 0 aromatic carbocycles. The largest absolute Gasteiger partial charge is 0.238 e. The Morgan fingerprint density at radius 1 is 0.654 bits per heavy atom. The third-order valence-electron chi connectivity index (χ3n) is 5.17. The monoisotopic (exact) mass is 378 g/mol. The third-order valence-corrected chi connectivity index (χ3v) is 5.89.